The molecule has 6 heteroatoms. The number of phenolic OH excluding ortho intramolecular Hbond substituents is 1. The lowest BCUT2D eigenvalue weighted by molar-refractivity contribution is -0.120. The summed E-state index contributed by atoms with van der Waals surface area (Å²) < 4.78 is 4.43. The topological polar surface area (TPSA) is 98.8 Å². The SMILES string of the molecule is NOC(=O)c1cc(O)cc(OC=O)c1. The molecule has 1 aromatic rings. The highest BCUT2D eigenvalue weighted by atomic mass is 16.7. The van der Waals surface area contributed by atoms with Gasteiger partial charge in [-0.1, -0.05) is 0 Å². The predicted molar refractivity (Wildman–Crippen MR) is 44.4 cm³/mol. The van der Waals surface area contributed by atoms with Crippen molar-refractivity contribution in [3.05, 3.63) is 23.8 Å². The fourth-order valence-corrected chi connectivity index (χ4v) is 0.893. The summed E-state index contributed by atoms with van der Waals surface area (Å²) in [7, 11) is 0. The van der Waals surface area contributed by atoms with Gasteiger partial charge in [0.1, 0.15) is 11.5 Å². The third-order valence-corrected chi connectivity index (χ3v) is 1.42. The Bertz CT molecular complexity index is 363. The summed E-state index contributed by atoms with van der Waals surface area (Å²) in [6.45, 7) is 0.173. The minimum absolute atomic E-state index is 0.00986. The molecule has 0 spiro atoms. The van der Waals surface area contributed by atoms with Crippen molar-refractivity contribution in [3.63, 3.8) is 0 Å². The first-order chi connectivity index (χ1) is 6.67. The molecule has 0 aliphatic rings. The van der Waals surface area contributed by atoms with Gasteiger partial charge in [-0.25, -0.2) is 4.79 Å². The van der Waals surface area contributed by atoms with Crippen LogP contribution in [0.2, 0.25) is 0 Å². The van der Waals surface area contributed by atoms with Gasteiger partial charge < -0.3 is 14.7 Å². The Hall–Kier alpha value is -2.08. The van der Waals surface area contributed by atoms with E-state index in [0.29, 0.717) is 0 Å². The van der Waals surface area contributed by atoms with Crippen LogP contribution in [0.15, 0.2) is 18.2 Å². The number of hydrogen-bond acceptors (Lipinski definition) is 6. The largest absolute Gasteiger partial charge is 0.508 e. The van der Waals surface area contributed by atoms with Crippen LogP contribution in [0.5, 0.6) is 11.5 Å². The van der Waals surface area contributed by atoms with E-state index in [0.717, 1.165) is 6.07 Å². The number of hydrogen-bond donors (Lipinski definition) is 2. The quantitative estimate of drug-likeness (QED) is 0.521. The minimum atomic E-state index is -0.836. The van der Waals surface area contributed by atoms with Crippen LogP contribution in [-0.4, -0.2) is 17.5 Å². The average molecular weight is 197 g/mol. The second-order valence-electron chi connectivity index (χ2n) is 2.33. The molecule has 0 atom stereocenters. The third kappa shape index (κ3) is 2.20. The van der Waals surface area contributed by atoms with Gasteiger partial charge in [0.25, 0.3) is 6.47 Å². The van der Waals surface area contributed by atoms with Gasteiger partial charge in [-0.3, -0.25) is 4.79 Å². The molecule has 0 unspecified atom stereocenters. The Morgan fingerprint density at radius 1 is 1.43 bits per heavy atom. The average Bonchev–Trinajstić information content (AvgIpc) is 2.16. The molecular formula is C8H7NO5. The van der Waals surface area contributed by atoms with Crippen molar-refractivity contribution in [1.82, 2.24) is 0 Å². The molecule has 0 aliphatic carbocycles. The molecule has 0 aliphatic heterocycles. The number of carbonyl (C=O) groups excluding carboxylic acids is 2. The fourth-order valence-electron chi connectivity index (χ4n) is 0.893. The van der Waals surface area contributed by atoms with E-state index >= 15 is 0 Å². The number of carbonyl (C=O) groups is 2. The predicted octanol–water partition coefficient (Wildman–Crippen LogP) is -0.0421. The monoisotopic (exact) mass is 197 g/mol. The maximum absolute atomic E-state index is 10.9. The summed E-state index contributed by atoms with van der Waals surface area (Å²) in [6.07, 6.45) is 0. The summed E-state index contributed by atoms with van der Waals surface area (Å²) >= 11 is 0. The van der Waals surface area contributed by atoms with Crippen molar-refractivity contribution >= 4 is 12.4 Å². The van der Waals surface area contributed by atoms with E-state index in [1.165, 1.54) is 12.1 Å². The van der Waals surface area contributed by atoms with Gasteiger partial charge in [0.05, 0.1) is 5.56 Å². The van der Waals surface area contributed by atoms with Crippen LogP contribution >= 0.6 is 0 Å². The van der Waals surface area contributed by atoms with Crippen molar-refractivity contribution in [2.45, 2.75) is 0 Å². The second-order valence-corrected chi connectivity index (χ2v) is 2.33. The lowest BCUT2D eigenvalue weighted by Crippen LogP contribution is -2.10. The molecule has 1 aromatic carbocycles. The van der Waals surface area contributed by atoms with Gasteiger partial charge in [0.2, 0.25) is 0 Å². The summed E-state index contributed by atoms with van der Waals surface area (Å²) in [5.41, 5.74) is -0.00986. The number of benzene rings is 1. The summed E-state index contributed by atoms with van der Waals surface area (Å²) in [4.78, 5) is 24.8. The molecule has 0 aromatic heterocycles. The van der Waals surface area contributed by atoms with Crippen LogP contribution in [0.4, 0.5) is 0 Å². The van der Waals surface area contributed by atoms with Crippen LogP contribution in [0.3, 0.4) is 0 Å². The Morgan fingerprint density at radius 3 is 2.71 bits per heavy atom. The van der Waals surface area contributed by atoms with Crippen molar-refractivity contribution < 1.29 is 24.3 Å². The van der Waals surface area contributed by atoms with Crippen LogP contribution in [-0.2, 0) is 9.63 Å². The number of aromatic hydroxyl groups is 1. The Balaban J connectivity index is 3.06. The van der Waals surface area contributed by atoms with Crippen molar-refractivity contribution in [2.24, 2.45) is 5.90 Å². The summed E-state index contributed by atoms with van der Waals surface area (Å²) in [5.74, 6) is 3.60. The number of rotatable bonds is 3. The van der Waals surface area contributed by atoms with Gasteiger partial charge in [0, 0.05) is 6.07 Å². The molecule has 74 valence electrons. The van der Waals surface area contributed by atoms with Gasteiger partial charge >= 0.3 is 5.97 Å². The highest BCUT2D eigenvalue weighted by Gasteiger charge is 2.09. The molecule has 0 heterocycles. The summed E-state index contributed by atoms with van der Waals surface area (Å²) in [6, 6.07) is 3.51. The highest BCUT2D eigenvalue weighted by Crippen LogP contribution is 2.21. The maximum atomic E-state index is 10.9. The Kier molecular flexibility index (Phi) is 3.03. The van der Waals surface area contributed by atoms with E-state index < -0.39 is 5.97 Å². The molecule has 3 N–H and O–H groups in total. The molecule has 0 fully saturated rings. The molecule has 14 heavy (non-hydrogen) atoms. The van der Waals surface area contributed by atoms with E-state index in [1.54, 1.807) is 0 Å². The highest BCUT2D eigenvalue weighted by molar-refractivity contribution is 5.90. The normalized spacial score (nSPS) is 9.21. The van der Waals surface area contributed by atoms with Crippen molar-refractivity contribution in [3.8, 4) is 11.5 Å². The molecular weight excluding hydrogens is 190 g/mol. The molecule has 0 saturated heterocycles. The standard InChI is InChI=1S/C8H7NO5/c9-14-8(12)5-1-6(11)3-7(2-5)13-4-10/h1-4,11H,9H2. The molecule has 0 bridgehead atoms. The van der Waals surface area contributed by atoms with Gasteiger partial charge in [0.15, 0.2) is 0 Å². The number of nitrogens with two attached hydrogens (primary N) is 1. The second kappa shape index (κ2) is 4.24. The Labute approximate surface area is 78.8 Å². The zero-order valence-corrected chi connectivity index (χ0v) is 6.97. The van der Waals surface area contributed by atoms with E-state index in [4.69, 9.17) is 5.11 Å². The number of ether oxygens (including phenoxy) is 1. The van der Waals surface area contributed by atoms with E-state index in [2.05, 4.69) is 15.5 Å². The molecule has 0 amide bonds. The molecule has 6 nitrogen and oxygen atoms in total. The van der Waals surface area contributed by atoms with E-state index in [1.807, 2.05) is 0 Å². The fraction of sp³-hybridized carbons (Fsp3) is 0. The number of phenols is 1. The van der Waals surface area contributed by atoms with Crippen LogP contribution in [0, 0.1) is 0 Å². The Morgan fingerprint density at radius 2 is 2.14 bits per heavy atom. The molecule has 0 radical (unpaired) electrons. The molecule has 0 saturated carbocycles. The van der Waals surface area contributed by atoms with Gasteiger partial charge in [-0.2, -0.15) is 5.90 Å². The first kappa shape index (κ1) is 10.0. The maximum Gasteiger partial charge on any atom is 0.356 e. The van der Waals surface area contributed by atoms with Crippen LogP contribution < -0.4 is 10.6 Å². The summed E-state index contributed by atoms with van der Waals surface area (Å²) in [5, 5.41) is 9.12. The first-order valence-corrected chi connectivity index (χ1v) is 3.53. The van der Waals surface area contributed by atoms with Crippen LogP contribution in [0.25, 0.3) is 0 Å². The van der Waals surface area contributed by atoms with Crippen molar-refractivity contribution in [1.29, 1.82) is 0 Å². The van der Waals surface area contributed by atoms with Gasteiger partial charge in [-0.15, -0.1) is 0 Å². The smallest absolute Gasteiger partial charge is 0.356 e. The first-order valence-electron chi connectivity index (χ1n) is 3.53. The van der Waals surface area contributed by atoms with Gasteiger partial charge in [-0.05, 0) is 12.1 Å². The lowest BCUT2D eigenvalue weighted by atomic mass is 10.2. The zero-order valence-electron chi connectivity index (χ0n) is 6.97. The zero-order chi connectivity index (χ0) is 10.6. The van der Waals surface area contributed by atoms with Crippen molar-refractivity contribution in [2.75, 3.05) is 0 Å². The van der Waals surface area contributed by atoms with E-state index in [-0.39, 0.29) is 23.5 Å². The minimum Gasteiger partial charge on any atom is -0.508 e. The third-order valence-electron chi connectivity index (χ3n) is 1.42. The van der Waals surface area contributed by atoms with Crippen LogP contribution in [0.1, 0.15) is 10.4 Å². The van der Waals surface area contributed by atoms with E-state index in [9.17, 15) is 9.59 Å². The lowest BCUT2D eigenvalue weighted by Gasteiger charge is -2.02. The molecule has 1 rings (SSSR count).